The van der Waals surface area contributed by atoms with Crippen LogP contribution in [0.15, 0.2) is 41.7 Å². The fourth-order valence-electron chi connectivity index (χ4n) is 2.73. The highest BCUT2D eigenvalue weighted by atomic mass is 16.5. The highest BCUT2D eigenvalue weighted by Crippen LogP contribution is 2.37. The van der Waals surface area contributed by atoms with Gasteiger partial charge in [-0.25, -0.2) is 4.98 Å². The molecule has 0 amide bonds. The molecular formula is C17H15N3O3. The second kappa shape index (κ2) is 5.39. The van der Waals surface area contributed by atoms with Crippen molar-refractivity contribution in [2.24, 2.45) is 5.18 Å². The van der Waals surface area contributed by atoms with Gasteiger partial charge in [-0.1, -0.05) is 6.07 Å². The zero-order chi connectivity index (χ0) is 15.8. The van der Waals surface area contributed by atoms with Crippen LogP contribution in [-0.4, -0.2) is 22.6 Å². The molecule has 6 nitrogen and oxygen atoms in total. The van der Waals surface area contributed by atoms with Gasteiger partial charge >= 0.3 is 0 Å². The van der Waals surface area contributed by atoms with Gasteiger partial charge in [0.25, 0.3) is 0 Å². The first kappa shape index (κ1) is 13.8. The Balaban J connectivity index is 1.89. The number of aromatic nitrogens is 2. The first-order valence-electron chi connectivity index (χ1n) is 7.48. The third-order valence-corrected chi connectivity index (χ3v) is 3.85. The molecule has 0 saturated carbocycles. The summed E-state index contributed by atoms with van der Waals surface area (Å²) in [4.78, 5) is 15.9. The first-order valence-corrected chi connectivity index (χ1v) is 7.48. The van der Waals surface area contributed by atoms with Gasteiger partial charge in [-0.2, -0.15) is 0 Å². The van der Waals surface area contributed by atoms with Crippen LogP contribution in [0.3, 0.4) is 0 Å². The Bertz CT molecular complexity index is 901. The van der Waals surface area contributed by atoms with E-state index < -0.39 is 0 Å². The molecule has 1 aliphatic heterocycles. The maximum atomic E-state index is 11.4. The first-order chi connectivity index (χ1) is 11.3. The van der Waals surface area contributed by atoms with E-state index in [0.29, 0.717) is 36.1 Å². The average molecular weight is 309 g/mol. The van der Waals surface area contributed by atoms with Crippen molar-refractivity contribution in [3.05, 3.63) is 47.0 Å². The van der Waals surface area contributed by atoms with Crippen LogP contribution in [-0.2, 0) is 0 Å². The normalized spacial score (nSPS) is 13.8. The number of hydrogen-bond donors (Lipinski definition) is 0. The average Bonchev–Trinajstić information content (AvgIpc) is 2.75. The molecule has 0 saturated heterocycles. The molecule has 23 heavy (non-hydrogen) atoms. The molecule has 0 radical (unpaired) electrons. The molecule has 4 rings (SSSR count). The van der Waals surface area contributed by atoms with Crippen LogP contribution in [0.5, 0.6) is 11.5 Å². The van der Waals surface area contributed by atoms with Gasteiger partial charge in [0.15, 0.2) is 11.5 Å². The van der Waals surface area contributed by atoms with Crippen molar-refractivity contribution in [2.45, 2.75) is 13.3 Å². The summed E-state index contributed by atoms with van der Waals surface area (Å²) < 4.78 is 13.1. The number of nitroso groups, excluding NO2 is 1. The maximum absolute atomic E-state index is 11.4. The highest BCUT2D eigenvalue weighted by molar-refractivity contribution is 5.76. The van der Waals surface area contributed by atoms with Gasteiger partial charge in [-0.3, -0.25) is 4.40 Å². The molecule has 116 valence electrons. The van der Waals surface area contributed by atoms with Crippen LogP contribution >= 0.6 is 0 Å². The summed E-state index contributed by atoms with van der Waals surface area (Å²) in [5.74, 6) is 1.68. The predicted octanol–water partition coefficient (Wildman–Crippen LogP) is 3.87. The number of hydrogen-bond acceptors (Lipinski definition) is 5. The van der Waals surface area contributed by atoms with Crippen molar-refractivity contribution in [3.8, 4) is 22.8 Å². The maximum Gasteiger partial charge on any atom is 0.209 e. The van der Waals surface area contributed by atoms with Crippen molar-refractivity contribution < 1.29 is 9.47 Å². The molecule has 1 aliphatic rings. The van der Waals surface area contributed by atoms with E-state index in [1.165, 1.54) is 0 Å². The molecule has 0 spiro atoms. The standard InChI is InChI=1S/C17H15N3O3/c1-11-3-6-15-18-16(17(19-21)20(15)10-11)12-4-5-13-14(9-12)23-8-2-7-22-13/h3-6,9-10H,2,7-8H2,1H3. The number of nitrogens with zero attached hydrogens (tertiary/aromatic N) is 3. The molecule has 0 atom stereocenters. The SMILES string of the molecule is Cc1ccc2nc(-c3ccc4c(c3)OCCCO4)c(N=O)n2c1. The smallest absolute Gasteiger partial charge is 0.209 e. The summed E-state index contributed by atoms with van der Waals surface area (Å²) in [6.07, 6.45) is 2.70. The minimum Gasteiger partial charge on any atom is -0.490 e. The number of imidazole rings is 1. The summed E-state index contributed by atoms with van der Waals surface area (Å²) in [7, 11) is 0. The molecule has 1 aromatic carbocycles. The van der Waals surface area contributed by atoms with Gasteiger partial charge < -0.3 is 9.47 Å². The molecule has 0 fully saturated rings. The number of aryl methyl sites for hydroxylation is 1. The van der Waals surface area contributed by atoms with Crippen LogP contribution in [0.25, 0.3) is 16.9 Å². The Morgan fingerprint density at radius 2 is 1.96 bits per heavy atom. The van der Waals surface area contributed by atoms with Gasteiger partial charge in [0, 0.05) is 18.2 Å². The Hall–Kier alpha value is -2.89. The summed E-state index contributed by atoms with van der Waals surface area (Å²) in [5.41, 5.74) is 3.05. The van der Waals surface area contributed by atoms with Gasteiger partial charge in [0.2, 0.25) is 5.82 Å². The fourth-order valence-corrected chi connectivity index (χ4v) is 2.73. The minimum absolute atomic E-state index is 0.290. The van der Waals surface area contributed by atoms with Crippen molar-refractivity contribution in [1.29, 1.82) is 0 Å². The Morgan fingerprint density at radius 1 is 1.13 bits per heavy atom. The Kier molecular flexibility index (Phi) is 3.22. The highest BCUT2D eigenvalue weighted by Gasteiger charge is 2.18. The molecule has 0 aliphatic carbocycles. The number of ether oxygens (including phenoxy) is 2. The summed E-state index contributed by atoms with van der Waals surface area (Å²) >= 11 is 0. The molecule has 0 N–H and O–H groups in total. The molecular weight excluding hydrogens is 294 g/mol. The van der Waals surface area contributed by atoms with E-state index >= 15 is 0 Å². The summed E-state index contributed by atoms with van der Waals surface area (Å²) in [6, 6.07) is 9.39. The lowest BCUT2D eigenvalue weighted by atomic mass is 10.1. The second-order valence-corrected chi connectivity index (χ2v) is 5.52. The number of pyridine rings is 1. The van der Waals surface area contributed by atoms with E-state index in [4.69, 9.17) is 9.47 Å². The van der Waals surface area contributed by atoms with E-state index in [-0.39, 0.29) is 5.82 Å². The third kappa shape index (κ3) is 2.32. The molecule has 0 bridgehead atoms. The molecule has 3 aromatic rings. The third-order valence-electron chi connectivity index (χ3n) is 3.85. The lowest BCUT2D eigenvalue weighted by Gasteiger charge is -2.08. The van der Waals surface area contributed by atoms with Gasteiger partial charge in [0.05, 0.1) is 13.2 Å². The van der Waals surface area contributed by atoms with Crippen LogP contribution in [0.4, 0.5) is 5.82 Å². The van der Waals surface area contributed by atoms with Crippen LogP contribution in [0.2, 0.25) is 0 Å². The summed E-state index contributed by atoms with van der Waals surface area (Å²) in [5, 5.41) is 3.19. The quantitative estimate of drug-likeness (QED) is 0.674. The van der Waals surface area contributed by atoms with E-state index in [2.05, 4.69) is 10.2 Å². The lowest BCUT2D eigenvalue weighted by molar-refractivity contribution is 0.297. The van der Waals surface area contributed by atoms with Gasteiger partial charge in [-0.15, -0.1) is 4.91 Å². The topological polar surface area (TPSA) is 65.2 Å². The zero-order valence-corrected chi connectivity index (χ0v) is 12.7. The van der Waals surface area contributed by atoms with E-state index in [9.17, 15) is 4.91 Å². The lowest BCUT2D eigenvalue weighted by Crippen LogP contribution is -1.97. The van der Waals surface area contributed by atoms with Crippen molar-refractivity contribution in [3.63, 3.8) is 0 Å². The minimum atomic E-state index is 0.290. The van der Waals surface area contributed by atoms with Gasteiger partial charge in [-0.05, 0) is 41.9 Å². The number of fused-ring (bicyclic) bond motifs is 2. The Morgan fingerprint density at radius 3 is 2.78 bits per heavy atom. The second-order valence-electron chi connectivity index (χ2n) is 5.52. The predicted molar refractivity (Wildman–Crippen MR) is 86.4 cm³/mol. The van der Waals surface area contributed by atoms with Gasteiger partial charge in [0.1, 0.15) is 11.3 Å². The molecule has 0 unspecified atom stereocenters. The number of benzene rings is 1. The summed E-state index contributed by atoms with van der Waals surface area (Å²) in [6.45, 7) is 3.21. The van der Waals surface area contributed by atoms with Crippen LogP contribution in [0.1, 0.15) is 12.0 Å². The van der Waals surface area contributed by atoms with E-state index in [0.717, 1.165) is 17.5 Å². The molecule has 3 heterocycles. The van der Waals surface area contributed by atoms with E-state index in [1.54, 1.807) is 4.40 Å². The fraction of sp³-hybridized carbons (Fsp3) is 0.235. The van der Waals surface area contributed by atoms with Crippen LogP contribution < -0.4 is 9.47 Å². The Labute approximate surface area is 132 Å². The van der Waals surface area contributed by atoms with E-state index in [1.807, 2.05) is 43.5 Å². The van der Waals surface area contributed by atoms with Crippen LogP contribution in [0, 0.1) is 11.8 Å². The molecule has 2 aromatic heterocycles. The zero-order valence-electron chi connectivity index (χ0n) is 12.7. The largest absolute Gasteiger partial charge is 0.490 e. The van der Waals surface area contributed by atoms with Crippen molar-refractivity contribution in [2.75, 3.05) is 13.2 Å². The van der Waals surface area contributed by atoms with Crippen molar-refractivity contribution in [1.82, 2.24) is 9.38 Å². The molecule has 6 heteroatoms. The monoisotopic (exact) mass is 309 g/mol. The van der Waals surface area contributed by atoms with Crippen molar-refractivity contribution >= 4 is 11.5 Å². The number of rotatable bonds is 2.